The van der Waals surface area contributed by atoms with Crippen LogP contribution in [0, 0.1) is 5.92 Å². The summed E-state index contributed by atoms with van der Waals surface area (Å²) in [7, 11) is -4.09. The molecular weight excluding hydrogens is 510 g/mol. The number of benzene rings is 2. The molecule has 10 nitrogen and oxygen atoms in total. The van der Waals surface area contributed by atoms with Crippen LogP contribution >= 0.6 is 0 Å². The molecule has 1 aliphatic heterocycles. The number of hydrogen-bond donors (Lipinski definition) is 4. The lowest BCUT2D eigenvalue weighted by Crippen LogP contribution is -2.54. The molecule has 2 aromatic carbocycles. The number of sulfonamides is 1. The standard InChI is InChI=1S/C27H29N3O7S/c1-17(2)27(33,15-31)30-38(34,35)20-9-6-18(7-10-20)21-4-3-5-24(28-21)29-25(32)26(12-13-26)19-8-11-22-23(14-19)37-16-36-22/h3-11,14,17,30-31,33H,12-13,15-16H2,1-2H3,(H,28,29,32). The van der Waals surface area contributed by atoms with E-state index >= 15 is 0 Å². The second kappa shape index (κ2) is 9.66. The smallest absolute Gasteiger partial charge is 0.243 e. The van der Waals surface area contributed by atoms with Crippen LogP contribution in [0.3, 0.4) is 0 Å². The van der Waals surface area contributed by atoms with Gasteiger partial charge in [0.15, 0.2) is 17.2 Å². The second-order valence-corrected chi connectivity index (χ2v) is 11.6. The van der Waals surface area contributed by atoms with Crippen LogP contribution in [0.5, 0.6) is 11.5 Å². The van der Waals surface area contributed by atoms with Crippen LogP contribution in [0.1, 0.15) is 32.3 Å². The van der Waals surface area contributed by atoms with Crippen molar-refractivity contribution < 1.29 is 32.9 Å². The van der Waals surface area contributed by atoms with Crippen LogP contribution in [-0.4, -0.2) is 48.6 Å². The summed E-state index contributed by atoms with van der Waals surface area (Å²) in [6, 6.07) is 16.7. The molecule has 1 unspecified atom stereocenters. The number of carbonyl (C=O) groups excluding carboxylic acids is 1. The van der Waals surface area contributed by atoms with Gasteiger partial charge in [-0.15, -0.1) is 0 Å². The van der Waals surface area contributed by atoms with Crippen molar-refractivity contribution in [1.29, 1.82) is 0 Å². The molecule has 0 bridgehead atoms. The first-order valence-electron chi connectivity index (χ1n) is 12.2. The molecule has 200 valence electrons. The Bertz CT molecular complexity index is 1470. The molecule has 4 N–H and O–H groups in total. The highest BCUT2D eigenvalue weighted by atomic mass is 32.2. The van der Waals surface area contributed by atoms with Gasteiger partial charge >= 0.3 is 0 Å². The Morgan fingerprint density at radius 2 is 1.79 bits per heavy atom. The maximum absolute atomic E-state index is 13.3. The Labute approximate surface area is 220 Å². The fraction of sp³-hybridized carbons (Fsp3) is 0.333. The van der Waals surface area contributed by atoms with Crippen molar-refractivity contribution in [3.63, 3.8) is 0 Å². The summed E-state index contributed by atoms with van der Waals surface area (Å²) in [5.41, 5.74) is -0.578. The van der Waals surface area contributed by atoms with Crippen molar-refractivity contribution in [3.05, 3.63) is 66.2 Å². The molecule has 3 aromatic rings. The largest absolute Gasteiger partial charge is 0.454 e. The summed E-state index contributed by atoms with van der Waals surface area (Å²) in [4.78, 5) is 17.7. The maximum atomic E-state index is 13.3. The van der Waals surface area contributed by atoms with E-state index in [1.165, 1.54) is 12.1 Å². The first-order chi connectivity index (χ1) is 18.1. The van der Waals surface area contributed by atoms with Crippen molar-refractivity contribution in [2.75, 3.05) is 18.7 Å². The van der Waals surface area contributed by atoms with Gasteiger partial charge in [-0.05, 0) is 60.7 Å². The Morgan fingerprint density at radius 1 is 1.08 bits per heavy atom. The summed E-state index contributed by atoms with van der Waals surface area (Å²) in [5, 5.41) is 22.8. The number of amides is 1. The normalized spacial score (nSPS) is 17.2. The van der Waals surface area contributed by atoms with Crippen molar-refractivity contribution >= 4 is 21.7 Å². The number of anilines is 1. The number of fused-ring (bicyclic) bond motifs is 1. The van der Waals surface area contributed by atoms with E-state index in [0.717, 1.165) is 5.56 Å². The minimum Gasteiger partial charge on any atom is -0.454 e. The molecule has 38 heavy (non-hydrogen) atoms. The number of aliphatic hydroxyl groups excluding tert-OH is 1. The Balaban J connectivity index is 1.31. The van der Waals surface area contributed by atoms with E-state index in [0.29, 0.717) is 41.4 Å². The van der Waals surface area contributed by atoms with E-state index in [9.17, 15) is 23.4 Å². The van der Waals surface area contributed by atoms with Gasteiger partial charge in [0.2, 0.25) is 22.7 Å². The number of aromatic nitrogens is 1. The minimum atomic E-state index is -4.09. The monoisotopic (exact) mass is 539 g/mol. The van der Waals surface area contributed by atoms with Crippen molar-refractivity contribution in [3.8, 4) is 22.8 Å². The van der Waals surface area contributed by atoms with E-state index in [-0.39, 0.29) is 17.6 Å². The fourth-order valence-electron chi connectivity index (χ4n) is 4.30. The van der Waals surface area contributed by atoms with Crippen molar-refractivity contribution in [2.24, 2.45) is 5.92 Å². The number of ether oxygens (including phenoxy) is 2. The lowest BCUT2D eigenvalue weighted by Gasteiger charge is -2.30. The number of nitrogens with one attached hydrogen (secondary N) is 2. The van der Waals surface area contributed by atoms with Crippen LogP contribution in [0.25, 0.3) is 11.3 Å². The van der Waals surface area contributed by atoms with Crippen LogP contribution in [0.4, 0.5) is 5.82 Å². The average Bonchev–Trinajstić information content (AvgIpc) is 3.59. The number of carbonyl (C=O) groups is 1. The van der Waals surface area contributed by atoms with Crippen LogP contribution in [-0.2, 0) is 20.2 Å². The fourth-order valence-corrected chi connectivity index (χ4v) is 5.67. The summed E-state index contributed by atoms with van der Waals surface area (Å²) in [5.74, 6) is 0.965. The predicted molar refractivity (Wildman–Crippen MR) is 139 cm³/mol. The number of pyridine rings is 1. The van der Waals surface area contributed by atoms with E-state index in [1.54, 1.807) is 44.2 Å². The number of aliphatic hydroxyl groups is 2. The van der Waals surface area contributed by atoms with Gasteiger partial charge in [-0.3, -0.25) is 4.79 Å². The highest BCUT2D eigenvalue weighted by Crippen LogP contribution is 2.51. The van der Waals surface area contributed by atoms with Crippen LogP contribution < -0.4 is 19.5 Å². The molecule has 1 aromatic heterocycles. The SMILES string of the molecule is CC(C)C(O)(CO)NS(=O)(=O)c1ccc(-c2cccc(NC(=O)C3(c4ccc5c(c4)OCO5)CC3)n2)cc1. The molecule has 2 aliphatic rings. The molecule has 2 heterocycles. The second-order valence-electron chi connectivity index (χ2n) is 9.88. The first kappa shape index (κ1) is 26.1. The van der Waals surface area contributed by atoms with E-state index < -0.39 is 33.7 Å². The zero-order valence-corrected chi connectivity index (χ0v) is 21.8. The zero-order chi connectivity index (χ0) is 27.1. The average molecular weight is 540 g/mol. The molecule has 1 saturated carbocycles. The molecule has 0 spiro atoms. The zero-order valence-electron chi connectivity index (χ0n) is 21.0. The summed E-state index contributed by atoms with van der Waals surface area (Å²) in [6.07, 6.45) is 1.43. The molecule has 1 atom stereocenters. The van der Waals surface area contributed by atoms with Gasteiger partial charge in [0.1, 0.15) is 5.82 Å². The Kier molecular flexibility index (Phi) is 6.64. The molecule has 0 saturated heterocycles. The Hall–Kier alpha value is -3.51. The van der Waals surface area contributed by atoms with Gasteiger partial charge in [0.05, 0.1) is 22.6 Å². The lowest BCUT2D eigenvalue weighted by atomic mass is 9.94. The number of hydrogen-bond acceptors (Lipinski definition) is 8. The van der Waals surface area contributed by atoms with Gasteiger partial charge in [-0.25, -0.2) is 13.4 Å². The molecule has 0 radical (unpaired) electrons. The molecule has 1 fully saturated rings. The third-order valence-corrected chi connectivity index (χ3v) is 8.58. The van der Waals surface area contributed by atoms with Gasteiger partial charge in [-0.2, -0.15) is 4.72 Å². The third kappa shape index (κ3) is 4.85. The molecule has 1 amide bonds. The maximum Gasteiger partial charge on any atom is 0.243 e. The molecular formula is C27H29N3O7S. The van der Waals surface area contributed by atoms with Crippen molar-refractivity contribution in [1.82, 2.24) is 9.71 Å². The highest BCUT2D eigenvalue weighted by Gasteiger charge is 2.51. The Morgan fingerprint density at radius 3 is 2.45 bits per heavy atom. The summed E-state index contributed by atoms with van der Waals surface area (Å²) < 4.78 is 38.5. The van der Waals surface area contributed by atoms with E-state index in [2.05, 4.69) is 15.0 Å². The topological polar surface area (TPSA) is 147 Å². The van der Waals surface area contributed by atoms with E-state index in [1.807, 2.05) is 18.2 Å². The van der Waals surface area contributed by atoms with Crippen LogP contribution in [0.2, 0.25) is 0 Å². The van der Waals surface area contributed by atoms with Crippen molar-refractivity contribution in [2.45, 2.75) is 42.7 Å². The number of rotatable bonds is 9. The van der Waals surface area contributed by atoms with Gasteiger partial charge < -0.3 is 25.0 Å². The van der Waals surface area contributed by atoms with Gasteiger partial charge in [-0.1, -0.05) is 38.1 Å². The molecule has 11 heteroatoms. The van der Waals surface area contributed by atoms with Gasteiger partial charge in [0.25, 0.3) is 0 Å². The summed E-state index contributed by atoms with van der Waals surface area (Å²) >= 11 is 0. The van der Waals surface area contributed by atoms with Crippen LogP contribution in [0.15, 0.2) is 65.6 Å². The quantitative estimate of drug-likeness (QED) is 0.304. The highest BCUT2D eigenvalue weighted by molar-refractivity contribution is 7.89. The molecule has 5 rings (SSSR count). The minimum absolute atomic E-state index is 0.0716. The van der Waals surface area contributed by atoms with Gasteiger partial charge in [0, 0.05) is 5.56 Å². The molecule has 1 aliphatic carbocycles. The number of nitrogens with zero attached hydrogens (tertiary/aromatic N) is 1. The summed E-state index contributed by atoms with van der Waals surface area (Å²) in [6.45, 7) is 2.60. The van der Waals surface area contributed by atoms with E-state index in [4.69, 9.17) is 9.47 Å². The third-order valence-electron chi connectivity index (χ3n) is 7.07. The lowest BCUT2D eigenvalue weighted by molar-refractivity contribution is -0.118. The predicted octanol–water partition coefficient (Wildman–Crippen LogP) is 2.76. The first-order valence-corrected chi connectivity index (χ1v) is 13.7.